The molecule has 2 aromatic rings. The molecule has 1 N–H and O–H groups in total. The number of benzene rings is 1. The summed E-state index contributed by atoms with van der Waals surface area (Å²) >= 11 is 5.99. The molecular formula is C15H16ClN3O3. The average Bonchev–Trinajstić information content (AvgIpc) is 2.71. The van der Waals surface area contributed by atoms with Gasteiger partial charge in [0.05, 0.1) is 23.4 Å². The maximum absolute atomic E-state index is 12.3. The molecule has 0 bridgehead atoms. The van der Waals surface area contributed by atoms with Crippen molar-refractivity contribution in [1.82, 2.24) is 9.78 Å². The van der Waals surface area contributed by atoms with Crippen molar-refractivity contribution < 1.29 is 14.3 Å². The van der Waals surface area contributed by atoms with Crippen LogP contribution in [0.25, 0.3) is 0 Å². The Morgan fingerprint density at radius 1 is 1.32 bits per heavy atom. The zero-order valence-electron chi connectivity index (χ0n) is 12.7. The third kappa shape index (κ3) is 2.96. The van der Waals surface area contributed by atoms with Gasteiger partial charge in [0, 0.05) is 18.4 Å². The fourth-order valence-electron chi connectivity index (χ4n) is 2.15. The van der Waals surface area contributed by atoms with E-state index in [1.54, 1.807) is 37.7 Å². The molecule has 1 amide bonds. The molecule has 0 aliphatic carbocycles. The van der Waals surface area contributed by atoms with Crippen LogP contribution in [0.2, 0.25) is 5.02 Å². The molecule has 0 fully saturated rings. The van der Waals surface area contributed by atoms with Crippen LogP contribution in [-0.4, -0.2) is 28.6 Å². The topological polar surface area (TPSA) is 73.2 Å². The Kier molecular flexibility index (Phi) is 4.51. The van der Waals surface area contributed by atoms with Crippen LogP contribution in [0.4, 0.5) is 5.69 Å². The third-order valence-electron chi connectivity index (χ3n) is 3.35. The Labute approximate surface area is 133 Å². The highest BCUT2D eigenvalue weighted by atomic mass is 35.5. The summed E-state index contributed by atoms with van der Waals surface area (Å²) in [4.78, 5) is 24.4. The fraction of sp³-hybridized carbons (Fsp3) is 0.267. The van der Waals surface area contributed by atoms with E-state index in [1.807, 2.05) is 0 Å². The van der Waals surface area contributed by atoms with Crippen LogP contribution in [0.15, 0.2) is 18.2 Å². The van der Waals surface area contributed by atoms with E-state index in [2.05, 4.69) is 10.4 Å². The number of hydrogen-bond acceptors (Lipinski definition) is 4. The molecule has 0 saturated carbocycles. The molecular weight excluding hydrogens is 306 g/mol. The van der Waals surface area contributed by atoms with Gasteiger partial charge in [0.1, 0.15) is 5.75 Å². The van der Waals surface area contributed by atoms with Crippen molar-refractivity contribution >= 4 is 29.0 Å². The number of carbonyl (C=O) groups is 2. The highest BCUT2D eigenvalue weighted by molar-refractivity contribution is 6.47. The average molecular weight is 322 g/mol. The summed E-state index contributed by atoms with van der Waals surface area (Å²) in [5.41, 5.74) is 1.90. The monoisotopic (exact) mass is 321 g/mol. The Balaban J connectivity index is 2.22. The second-order valence-electron chi connectivity index (χ2n) is 4.80. The van der Waals surface area contributed by atoms with Crippen molar-refractivity contribution in [2.75, 3.05) is 12.4 Å². The fourth-order valence-corrected chi connectivity index (χ4v) is 2.41. The lowest BCUT2D eigenvalue weighted by Gasteiger charge is -2.07. The number of hydrogen-bond donors (Lipinski definition) is 1. The number of Topliss-reactive ketones (excluding diaryl/α,β-unsaturated/α-hetero) is 1. The lowest BCUT2D eigenvalue weighted by atomic mass is 10.1. The number of ether oxygens (including phenoxy) is 1. The molecule has 116 valence electrons. The van der Waals surface area contributed by atoms with E-state index in [4.69, 9.17) is 16.3 Å². The molecule has 0 atom stereocenters. The zero-order valence-corrected chi connectivity index (χ0v) is 13.5. The van der Waals surface area contributed by atoms with Gasteiger partial charge >= 0.3 is 0 Å². The molecule has 22 heavy (non-hydrogen) atoms. The molecule has 0 unspecified atom stereocenters. The lowest BCUT2D eigenvalue weighted by molar-refractivity contribution is -0.112. The smallest absolute Gasteiger partial charge is 0.296 e. The summed E-state index contributed by atoms with van der Waals surface area (Å²) in [6.07, 6.45) is 0. The van der Waals surface area contributed by atoms with Crippen molar-refractivity contribution in [1.29, 1.82) is 0 Å². The first-order valence-corrected chi connectivity index (χ1v) is 6.92. The van der Waals surface area contributed by atoms with Gasteiger partial charge in [-0.3, -0.25) is 14.3 Å². The molecule has 0 aliphatic rings. The predicted molar refractivity (Wildman–Crippen MR) is 83.6 cm³/mol. The Morgan fingerprint density at radius 3 is 2.50 bits per heavy atom. The van der Waals surface area contributed by atoms with E-state index in [9.17, 15) is 9.59 Å². The number of halogens is 1. The number of nitrogens with one attached hydrogen (secondary N) is 1. The molecule has 7 heteroatoms. The summed E-state index contributed by atoms with van der Waals surface area (Å²) in [7, 11) is 3.22. The maximum Gasteiger partial charge on any atom is 0.296 e. The number of methoxy groups -OCH3 is 1. The summed E-state index contributed by atoms with van der Waals surface area (Å²) in [6.45, 7) is 3.43. The van der Waals surface area contributed by atoms with Crippen molar-refractivity contribution in [3.8, 4) is 5.75 Å². The molecule has 1 heterocycles. The number of aromatic nitrogens is 2. The van der Waals surface area contributed by atoms with Crippen molar-refractivity contribution in [2.45, 2.75) is 13.8 Å². The standard InChI is InChI=1S/C15H16ClN3O3/c1-8-13(9(2)19(3)18-8)14(20)15(21)17-10-5-6-12(22-4)11(16)7-10/h5-7H,1-4H3,(H,17,21). The molecule has 0 radical (unpaired) electrons. The summed E-state index contributed by atoms with van der Waals surface area (Å²) in [6, 6.07) is 4.75. The van der Waals surface area contributed by atoms with Gasteiger partial charge in [0.15, 0.2) is 0 Å². The number of nitrogens with zero attached hydrogens (tertiary/aromatic N) is 2. The summed E-state index contributed by atoms with van der Waals surface area (Å²) < 4.78 is 6.60. The summed E-state index contributed by atoms with van der Waals surface area (Å²) in [5, 5.41) is 7.02. The second-order valence-corrected chi connectivity index (χ2v) is 5.21. The van der Waals surface area contributed by atoms with Gasteiger partial charge in [0.25, 0.3) is 11.7 Å². The normalized spacial score (nSPS) is 10.4. The van der Waals surface area contributed by atoms with E-state index in [1.165, 1.54) is 13.2 Å². The molecule has 0 spiro atoms. The lowest BCUT2D eigenvalue weighted by Crippen LogP contribution is -2.24. The molecule has 2 rings (SSSR count). The van der Waals surface area contributed by atoms with Crippen LogP contribution in [0.1, 0.15) is 21.7 Å². The van der Waals surface area contributed by atoms with Crippen molar-refractivity contribution in [3.05, 3.63) is 40.2 Å². The number of amides is 1. The molecule has 1 aromatic carbocycles. The van der Waals surface area contributed by atoms with Crippen molar-refractivity contribution in [2.24, 2.45) is 7.05 Å². The minimum absolute atomic E-state index is 0.319. The van der Waals surface area contributed by atoms with E-state index >= 15 is 0 Å². The minimum atomic E-state index is -0.736. The largest absolute Gasteiger partial charge is 0.495 e. The van der Waals surface area contributed by atoms with Gasteiger partial charge in [-0.05, 0) is 32.0 Å². The number of ketones is 1. The van der Waals surface area contributed by atoms with E-state index in [0.717, 1.165) is 0 Å². The molecule has 0 aliphatic heterocycles. The first-order valence-electron chi connectivity index (χ1n) is 6.54. The van der Waals surface area contributed by atoms with Crippen molar-refractivity contribution in [3.63, 3.8) is 0 Å². The first-order chi connectivity index (χ1) is 10.3. The highest BCUT2D eigenvalue weighted by Crippen LogP contribution is 2.27. The van der Waals surface area contributed by atoms with Crippen LogP contribution in [0.3, 0.4) is 0 Å². The Morgan fingerprint density at radius 2 is 2.00 bits per heavy atom. The maximum atomic E-state index is 12.3. The van der Waals surface area contributed by atoms with Crippen LogP contribution in [0.5, 0.6) is 5.75 Å². The SMILES string of the molecule is COc1ccc(NC(=O)C(=O)c2c(C)nn(C)c2C)cc1Cl. The van der Waals surface area contributed by atoms with E-state index in [-0.39, 0.29) is 0 Å². The van der Waals surface area contributed by atoms with Gasteiger partial charge in [-0.25, -0.2) is 0 Å². The van der Waals surface area contributed by atoms with Crippen LogP contribution in [0, 0.1) is 13.8 Å². The Hall–Kier alpha value is -2.34. The summed E-state index contributed by atoms with van der Waals surface area (Å²) in [5.74, 6) is -0.875. The van der Waals surface area contributed by atoms with Gasteiger partial charge in [-0.1, -0.05) is 11.6 Å². The second kappa shape index (κ2) is 6.19. The third-order valence-corrected chi connectivity index (χ3v) is 3.65. The number of anilines is 1. The van der Waals surface area contributed by atoms with Gasteiger partial charge in [-0.2, -0.15) is 5.10 Å². The highest BCUT2D eigenvalue weighted by Gasteiger charge is 2.24. The van der Waals surface area contributed by atoms with Crippen LogP contribution < -0.4 is 10.1 Å². The quantitative estimate of drug-likeness (QED) is 0.693. The molecule has 0 saturated heterocycles. The molecule has 6 nitrogen and oxygen atoms in total. The van der Waals surface area contributed by atoms with Gasteiger partial charge in [0.2, 0.25) is 0 Å². The number of aryl methyl sites for hydroxylation is 2. The molecule has 1 aromatic heterocycles. The first kappa shape index (κ1) is 16.0. The van der Waals surface area contributed by atoms with E-state index in [0.29, 0.717) is 33.4 Å². The Bertz CT molecular complexity index is 753. The van der Waals surface area contributed by atoms with E-state index < -0.39 is 11.7 Å². The van der Waals surface area contributed by atoms with Gasteiger partial charge in [-0.15, -0.1) is 0 Å². The number of carbonyl (C=O) groups excluding carboxylic acids is 2. The minimum Gasteiger partial charge on any atom is -0.495 e. The van der Waals surface area contributed by atoms with Crippen LogP contribution >= 0.6 is 11.6 Å². The van der Waals surface area contributed by atoms with Crippen LogP contribution in [-0.2, 0) is 11.8 Å². The van der Waals surface area contributed by atoms with Gasteiger partial charge < -0.3 is 10.1 Å². The predicted octanol–water partition coefficient (Wildman–Crippen LogP) is 2.52. The zero-order chi connectivity index (χ0) is 16.4. The number of rotatable bonds is 4.